The summed E-state index contributed by atoms with van der Waals surface area (Å²) >= 11 is 0. The number of pyridine rings is 1. The van der Waals surface area contributed by atoms with Crippen molar-refractivity contribution in [2.45, 2.75) is 44.7 Å². The van der Waals surface area contributed by atoms with Crippen molar-refractivity contribution in [1.82, 2.24) is 9.88 Å². The zero-order valence-electron chi connectivity index (χ0n) is 11.1. The molecule has 3 heterocycles. The molecule has 2 bridgehead atoms. The first-order valence-electron chi connectivity index (χ1n) is 6.84. The van der Waals surface area contributed by atoms with Gasteiger partial charge in [-0.05, 0) is 51.3 Å². The number of ketones is 1. The average molecular weight is 244 g/mol. The lowest BCUT2D eigenvalue weighted by Gasteiger charge is -2.35. The van der Waals surface area contributed by atoms with Gasteiger partial charge in [0.1, 0.15) is 5.69 Å². The molecule has 2 fully saturated rings. The second kappa shape index (κ2) is 4.47. The van der Waals surface area contributed by atoms with Crippen LogP contribution >= 0.6 is 0 Å². The lowest BCUT2D eigenvalue weighted by atomic mass is 9.86. The predicted molar refractivity (Wildman–Crippen MR) is 70.6 cm³/mol. The molecule has 2 aliphatic rings. The van der Waals surface area contributed by atoms with Crippen molar-refractivity contribution >= 4 is 5.78 Å². The maximum atomic E-state index is 12.5. The molecule has 1 aromatic heterocycles. The van der Waals surface area contributed by atoms with Gasteiger partial charge in [0.2, 0.25) is 0 Å². The second-order valence-corrected chi connectivity index (χ2v) is 5.80. The van der Waals surface area contributed by atoms with Crippen molar-refractivity contribution in [2.75, 3.05) is 7.05 Å². The fourth-order valence-electron chi connectivity index (χ4n) is 3.45. The van der Waals surface area contributed by atoms with Gasteiger partial charge in [-0.3, -0.25) is 9.78 Å². The van der Waals surface area contributed by atoms with Crippen LogP contribution in [0.3, 0.4) is 0 Å². The maximum absolute atomic E-state index is 12.5. The van der Waals surface area contributed by atoms with E-state index in [0.29, 0.717) is 17.8 Å². The van der Waals surface area contributed by atoms with Gasteiger partial charge < -0.3 is 4.90 Å². The van der Waals surface area contributed by atoms with E-state index in [9.17, 15) is 4.79 Å². The number of piperidine rings is 1. The van der Waals surface area contributed by atoms with Crippen molar-refractivity contribution in [1.29, 1.82) is 0 Å². The van der Waals surface area contributed by atoms with Crippen molar-refractivity contribution in [3.05, 3.63) is 29.6 Å². The number of hydrogen-bond acceptors (Lipinski definition) is 3. The van der Waals surface area contributed by atoms with Gasteiger partial charge in [-0.2, -0.15) is 0 Å². The summed E-state index contributed by atoms with van der Waals surface area (Å²) in [5.74, 6) is 0.439. The molecule has 1 aromatic rings. The molecule has 0 N–H and O–H groups in total. The fraction of sp³-hybridized carbons (Fsp3) is 0.600. The van der Waals surface area contributed by atoms with Crippen LogP contribution in [0.25, 0.3) is 0 Å². The minimum atomic E-state index is 0.189. The molecule has 2 aliphatic heterocycles. The smallest absolute Gasteiger partial charge is 0.184 e. The molecule has 0 aromatic carbocycles. The Kier molecular flexibility index (Phi) is 2.94. The van der Waals surface area contributed by atoms with Crippen LogP contribution in [0, 0.1) is 12.8 Å². The number of carbonyl (C=O) groups is 1. The highest BCUT2D eigenvalue weighted by atomic mass is 16.1. The summed E-state index contributed by atoms with van der Waals surface area (Å²) in [6.45, 7) is 2.00. The normalized spacial score (nSPS) is 31.6. The molecule has 18 heavy (non-hydrogen) atoms. The third kappa shape index (κ3) is 1.97. The highest BCUT2D eigenvalue weighted by molar-refractivity contribution is 5.96. The molecule has 3 nitrogen and oxygen atoms in total. The highest BCUT2D eigenvalue weighted by Crippen LogP contribution is 2.38. The zero-order chi connectivity index (χ0) is 12.7. The van der Waals surface area contributed by atoms with E-state index in [-0.39, 0.29) is 11.7 Å². The van der Waals surface area contributed by atoms with Gasteiger partial charge in [-0.25, -0.2) is 0 Å². The Balaban J connectivity index is 1.76. The van der Waals surface area contributed by atoms with Gasteiger partial charge >= 0.3 is 0 Å². The first kappa shape index (κ1) is 11.8. The SMILES string of the molecule is Cc1ccc(C(=O)C2CC3CCC(C2)N3C)nc1. The Bertz CT molecular complexity index is 440. The molecular weight excluding hydrogens is 224 g/mol. The van der Waals surface area contributed by atoms with Gasteiger partial charge in [0, 0.05) is 24.2 Å². The minimum Gasteiger partial charge on any atom is -0.300 e. The van der Waals surface area contributed by atoms with Crippen molar-refractivity contribution in [3.63, 3.8) is 0 Å². The van der Waals surface area contributed by atoms with Crippen molar-refractivity contribution in [3.8, 4) is 0 Å². The Hall–Kier alpha value is -1.22. The Morgan fingerprint density at radius 2 is 1.94 bits per heavy atom. The summed E-state index contributed by atoms with van der Waals surface area (Å²) in [5, 5.41) is 0. The number of hydrogen-bond donors (Lipinski definition) is 0. The van der Waals surface area contributed by atoms with Gasteiger partial charge in [0.25, 0.3) is 0 Å². The maximum Gasteiger partial charge on any atom is 0.184 e. The molecule has 0 saturated carbocycles. The molecule has 0 amide bonds. The molecule has 0 spiro atoms. The summed E-state index contributed by atoms with van der Waals surface area (Å²) < 4.78 is 0. The molecule has 2 saturated heterocycles. The summed E-state index contributed by atoms with van der Waals surface area (Å²) in [6, 6.07) is 5.08. The van der Waals surface area contributed by atoms with E-state index >= 15 is 0 Å². The largest absolute Gasteiger partial charge is 0.300 e. The summed E-state index contributed by atoms with van der Waals surface area (Å²) in [4.78, 5) is 19.2. The van der Waals surface area contributed by atoms with E-state index in [0.717, 1.165) is 18.4 Å². The van der Waals surface area contributed by atoms with Gasteiger partial charge in [-0.15, -0.1) is 0 Å². The standard InChI is InChI=1S/C15H20N2O/c1-10-3-6-14(16-9-10)15(18)11-7-12-4-5-13(8-11)17(12)2/h3,6,9,11-13H,4-5,7-8H2,1-2H3. The predicted octanol–water partition coefficient (Wildman–Crippen LogP) is 2.45. The number of aryl methyl sites for hydroxylation is 1. The monoisotopic (exact) mass is 244 g/mol. The first-order chi connectivity index (χ1) is 8.65. The summed E-state index contributed by atoms with van der Waals surface area (Å²) in [5.41, 5.74) is 1.75. The first-order valence-corrected chi connectivity index (χ1v) is 6.84. The Morgan fingerprint density at radius 3 is 2.50 bits per heavy atom. The Labute approximate surface area is 108 Å². The number of nitrogens with zero attached hydrogens (tertiary/aromatic N) is 2. The molecular formula is C15H20N2O. The van der Waals surface area contributed by atoms with Gasteiger partial charge in [0.05, 0.1) is 0 Å². The van der Waals surface area contributed by atoms with Crippen LogP contribution in [0.4, 0.5) is 0 Å². The van der Waals surface area contributed by atoms with Gasteiger partial charge in [-0.1, -0.05) is 6.07 Å². The molecule has 3 heteroatoms. The third-order valence-electron chi connectivity index (χ3n) is 4.63. The summed E-state index contributed by atoms with van der Waals surface area (Å²) in [7, 11) is 2.20. The third-order valence-corrected chi connectivity index (χ3v) is 4.63. The van der Waals surface area contributed by atoms with Crippen molar-refractivity contribution < 1.29 is 4.79 Å². The summed E-state index contributed by atoms with van der Waals surface area (Å²) in [6.07, 6.45) is 6.33. The molecule has 96 valence electrons. The average Bonchev–Trinajstić information content (AvgIpc) is 2.62. The topological polar surface area (TPSA) is 33.2 Å². The highest BCUT2D eigenvalue weighted by Gasteiger charge is 2.41. The second-order valence-electron chi connectivity index (χ2n) is 5.80. The molecule has 2 unspecified atom stereocenters. The van der Waals surface area contributed by atoms with E-state index in [4.69, 9.17) is 0 Å². The molecule has 0 radical (unpaired) electrons. The van der Waals surface area contributed by atoms with E-state index in [2.05, 4.69) is 16.9 Å². The molecule has 3 rings (SSSR count). The van der Waals surface area contributed by atoms with E-state index in [1.807, 2.05) is 19.1 Å². The van der Waals surface area contributed by atoms with Crippen LogP contribution in [-0.2, 0) is 0 Å². The number of Topliss-reactive ketones (excluding diaryl/α,β-unsaturated/α-hetero) is 1. The Morgan fingerprint density at radius 1 is 1.28 bits per heavy atom. The number of carbonyl (C=O) groups excluding carboxylic acids is 1. The lowest BCUT2D eigenvalue weighted by Crippen LogP contribution is -2.42. The molecule has 2 atom stereocenters. The number of aromatic nitrogens is 1. The lowest BCUT2D eigenvalue weighted by molar-refractivity contribution is 0.0762. The van der Waals surface area contributed by atoms with E-state index in [1.165, 1.54) is 12.8 Å². The van der Waals surface area contributed by atoms with E-state index < -0.39 is 0 Å². The van der Waals surface area contributed by atoms with Gasteiger partial charge in [0.15, 0.2) is 5.78 Å². The molecule has 0 aliphatic carbocycles. The van der Waals surface area contributed by atoms with E-state index in [1.54, 1.807) is 6.20 Å². The van der Waals surface area contributed by atoms with Crippen LogP contribution in [-0.4, -0.2) is 34.8 Å². The fourth-order valence-corrected chi connectivity index (χ4v) is 3.45. The zero-order valence-corrected chi connectivity index (χ0v) is 11.1. The quantitative estimate of drug-likeness (QED) is 0.749. The van der Waals surface area contributed by atoms with Crippen LogP contribution in [0.15, 0.2) is 18.3 Å². The van der Waals surface area contributed by atoms with Crippen molar-refractivity contribution in [2.24, 2.45) is 5.92 Å². The number of rotatable bonds is 2. The van der Waals surface area contributed by atoms with Crippen LogP contribution in [0.1, 0.15) is 41.7 Å². The van der Waals surface area contributed by atoms with Crippen LogP contribution < -0.4 is 0 Å². The van der Waals surface area contributed by atoms with Crippen LogP contribution in [0.5, 0.6) is 0 Å². The van der Waals surface area contributed by atoms with Crippen LogP contribution in [0.2, 0.25) is 0 Å². The number of fused-ring (bicyclic) bond motifs is 2. The minimum absolute atomic E-state index is 0.189.